The minimum Gasteiger partial charge on any atom is -0.435 e. The Hall–Kier alpha value is -4.91. The average molecular weight is 724 g/mol. The number of hydrogen-bond acceptors (Lipinski definition) is 10. The minimum atomic E-state index is -3.86. The Morgan fingerprint density at radius 1 is 0.500 bits per heavy atom. The number of rotatable bonds is 13. The van der Waals surface area contributed by atoms with Gasteiger partial charge in [0.25, 0.3) is 0 Å². The summed E-state index contributed by atoms with van der Waals surface area (Å²) < 4.78 is 36.3. The third-order valence-electron chi connectivity index (χ3n) is 7.05. The Labute approximate surface area is 293 Å². The molecule has 0 amide bonds. The fraction of sp³-hybridized carbons (Fsp3) is 0.0270. The summed E-state index contributed by atoms with van der Waals surface area (Å²) >= 11 is 0. The van der Waals surface area contributed by atoms with Crippen molar-refractivity contribution in [3.63, 3.8) is 0 Å². The maximum Gasteiger partial charge on any atom is 0.478 e. The lowest BCUT2D eigenvalue weighted by Crippen LogP contribution is -2.45. The lowest BCUT2D eigenvalue weighted by molar-refractivity contribution is 0.0445. The molecule has 2 atom stereocenters. The van der Waals surface area contributed by atoms with E-state index in [-0.39, 0.29) is 6.29 Å². The highest BCUT2D eigenvalue weighted by molar-refractivity contribution is 7.86. The van der Waals surface area contributed by atoms with Gasteiger partial charge in [-0.15, -0.1) is 4.52 Å². The smallest absolute Gasteiger partial charge is 0.435 e. The van der Waals surface area contributed by atoms with Crippen molar-refractivity contribution in [2.75, 3.05) is 6.29 Å². The molecule has 50 heavy (non-hydrogen) atoms. The van der Waals surface area contributed by atoms with E-state index in [9.17, 15) is 0 Å². The molecule has 2 N–H and O–H groups in total. The summed E-state index contributed by atoms with van der Waals surface area (Å²) in [6.45, 7) is 0. The summed E-state index contributed by atoms with van der Waals surface area (Å²) in [5.41, 5.74) is 6.94. The molecule has 6 aromatic carbocycles. The van der Waals surface area contributed by atoms with Crippen LogP contribution in [0.15, 0.2) is 187 Å². The molecule has 1 aliphatic heterocycles. The summed E-state index contributed by atoms with van der Waals surface area (Å²) in [5, 5.41) is 0. The monoisotopic (exact) mass is 723 g/mol. The van der Waals surface area contributed by atoms with Gasteiger partial charge in [-0.25, -0.2) is 0 Å². The minimum absolute atomic E-state index is 0.119. The molecule has 0 fully saturated rings. The van der Waals surface area contributed by atoms with E-state index >= 15 is 0 Å². The van der Waals surface area contributed by atoms with Crippen LogP contribution in [0.3, 0.4) is 0 Å². The quantitative estimate of drug-likeness (QED) is 0.117. The summed E-state index contributed by atoms with van der Waals surface area (Å²) in [4.78, 5) is 13.6. The fourth-order valence-electron chi connectivity index (χ4n) is 4.78. The highest BCUT2D eigenvalue weighted by atomic mass is 31.3. The Morgan fingerprint density at radius 2 is 0.880 bits per heavy atom. The van der Waals surface area contributed by atoms with Gasteiger partial charge in [-0.3, -0.25) is 5.73 Å². The van der Waals surface area contributed by atoms with Crippen LogP contribution in [0.25, 0.3) is 0 Å². The molecular weight excluding hydrogens is 689 g/mol. The van der Waals surface area contributed by atoms with E-state index in [1.807, 2.05) is 182 Å². The second kappa shape index (κ2) is 15.8. The van der Waals surface area contributed by atoms with E-state index < -0.39 is 23.9 Å². The SMILES string of the molecule is NC[P+]1(Oc2ccccc2)N(Oc2ccccc2)P(Oc2ccccc2)N=P(Oc2ccccc2)(Oc2ccccc2)N1Oc1ccccc1. The zero-order valence-corrected chi connectivity index (χ0v) is 29.4. The topological polar surface area (TPSA) is 100 Å². The van der Waals surface area contributed by atoms with Crippen LogP contribution in [0.2, 0.25) is 0 Å². The summed E-state index contributed by atoms with van der Waals surface area (Å²) in [7, 11) is -9.63. The molecule has 252 valence electrons. The average Bonchev–Trinajstić information content (AvgIpc) is 3.17. The normalized spacial score (nSPS) is 18.6. The summed E-state index contributed by atoms with van der Waals surface area (Å²) in [6, 6.07) is 56.0. The molecule has 2 unspecified atom stereocenters. The predicted octanol–water partition coefficient (Wildman–Crippen LogP) is 10.8. The Bertz CT molecular complexity index is 1940. The van der Waals surface area contributed by atoms with E-state index in [4.69, 9.17) is 38.0 Å². The van der Waals surface area contributed by atoms with Gasteiger partial charge in [-0.05, 0) is 72.8 Å². The van der Waals surface area contributed by atoms with Gasteiger partial charge in [0.1, 0.15) is 21.9 Å². The Balaban J connectivity index is 1.52. The van der Waals surface area contributed by atoms with Gasteiger partial charge in [0.05, 0.1) is 0 Å². The maximum atomic E-state index is 7.09. The number of benzene rings is 6. The first-order chi connectivity index (χ1) is 24.7. The molecule has 0 aliphatic carbocycles. The van der Waals surface area contributed by atoms with Crippen molar-refractivity contribution in [1.82, 2.24) is 9.21 Å². The van der Waals surface area contributed by atoms with E-state index in [1.54, 1.807) is 9.21 Å². The molecular formula is C37H34N4O6P3+. The van der Waals surface area contributed by atoms with Crippen LogP contribution < -0.4 is 33.5 Å². The van der Waals surface area contributed by atoms with Gasteiger partial charge in [0, 0.05) is 0 Å². The molecule has 10 nitrogen and oxygen atoms in total. The third-order valence-corrected chi connectivity index (χ3v) is 15.7. The number of hydrogen-bond donors (Lipinski definition) is 1. The third kappa shape index (κ3) is 7.62. The molecule has 1 heterocycles. The zero-order chi connectivity index (χ0) is 34.1. The van der Waals surface area contributed by atoms with Crippen LogP contribution in [0, 0.1) is 0 Å². The van der Waals surface area contributed by atoms with Gasteiger partial charge >= 0.3 is 23.9 Å². The Kier molecular flexibility index (Phi) is 10.6. The first-order valence-electron chi connectivity index (χ1n) is 15.7. The summed E-state index contributed by atoms with van der Waals surface area (Å²) in [6.07, 6.45) is -0.119. The molecule has 0 radical (unpaired) electrons. The van der Waals surface area contributed by atoms with Gasteiger partial charge in [0.2, 0.25) is 0 Å². The lowest BCUT2D eigenvalue weighted by Gasteiger charge is -2.43. The highest BCUT2D eigenvalue weighted by Gasteiger charge is 2.75. The van der Waals surface area contributed by atoms with Crippen LogP contribution >= 0.6 is 23.9 Å². The van der Waals surface area contributed by atoms with Crippen molar-refractivity contribution >= 4 is 23.9 Å². The molecule has 0 saturated heterocycles. The van der Waals surface area contributed by atoms with Crippen LogP contribution in [-0.2, 0) is 0 Å². The van der Waals surface area contributed by atoms with Crippen molar-refractivity contribution in [2.45, 2.75) is 0 Å². The predicted molar refractivity (Wildman–Crippen MR) is 198 cm³/mol. The van der Waals surface area contributed by atoms with Crippen molar-refractivity contribution in [3.05, 3.63) is 182 Å². The second-order valence-electron chi connectivity index (χ2n) is 10.6. The number of nitrogens with two attached hydrogens (primary N) is 1. The zero-order valence-electron chi connectivity index (χ0n) is 26.7. The van der Waals surface area contributed by atoms with E-state index in [0.717, 1.165) is 0 Å². The van der Waals surface area contributed by atoms with E-state index in [1.165, 1.54) is 0 Å². The van der Waals surface area contributed by atoms with Crippen molar-refractivity contribution < 1.29 is 27.8 Å². The van der Waals surface area contributed by atoms with Gasteiger partial charge in [-0.2, -0.15) is 0 Å². The Morgan fingerprint density at radius 3 is 1.32 bits per heavy atom. The molecule has 7 rings (SSSR count). The lowest BCUT2D eigenvalue weighted by atomic mass is 10.3. The standard InChI is InChI=1S/C37H34N4O6P3/c38-31-49(45-35-25-13-4-14-26-35)40(42-32-19-7-1-8-20-32)48(44-34-23-11-3-12-24-34)39-50(46-36-27-15-5-16-28-36,47-37-29-17-6-18-30-37)41(49)43-33-21-9-2-10-22-33/h1-30H,31,38H2/q+1. The molecule has 13 heteroatoms. The van der Waals surface area contributed by atoms with Crippen molar-refractivity contribution in [2.24, 2.45) is 10.2 Å². The first kappa shape index (κ1) is 33.6. The van der Waals surface area contributed by atoms with Crippen LogP contribution in [-0.4, -0.2) is 15.5 Å². The maximum absolute atomic E-state index is 7.09. The molecule has 0 bridgehead atoms. The summed E-state index contributed by atoms with van der Waals surface area (Å²) in [5.74, 6) is 3.04. The highest BCUT2D eigenvalue weighted by Crippen LogP contribution is 2.85. The number of nitrogens with zero attached hydrogens (tertiary/aromatic N) is 3. The van der Waals surface area contributed by atoms with Crippen LogP contribution in [0.5, 0.6) is 34.5 Å². The molecule has 0 saturated carbocycles. The van der Waals surface area contributed by atoms with E-state index in [0.29, 0.717) is 34.5 Å². The molecule has 1 aliphatic rings. The van der Waals surface area contributed by atoms with Crippen LogP contribution in [0.1, 0.15) is 0 Å². The van der Waals surface area contributed by atoms with Crippen molar-refractivity contribution in [1.29, 1.82) is 0 Å². The first-order valence-corrected chi connectivity index (χ1v) is 20.2. The largest absolute Gasteiger partial charge is 0.478 e. The van der Waals surface area contributed by atoms with Crippen LogP contribution in [0.4, 0.5) is 0 Å². The van der Waals surface area contributed by atoms with Gasteiger partial charge < -0.3 is 27.8 Å². The number of para-hydroxylation sites is 6. The fourth-order valence-corrected chi connectivity index (χ4v) is 14.4. The van der Waals surface area contributed by atoms with Crippen molar-refractivity contribution in [3.8, 4) is 34.5 Å². The van der Waals surface area contributed by atoms with Gasteiger partial charge in [0.15, 0.2) is 28.1 Å². The van der Waals surface area contributed by atoms with Gasteiger partial charge in [-0.1, -0.05) is 109 Å². The molecule has 6 aromatic rings. The van der Waals surface area contributed by atoms with E-state index in [2.05, 4.69) is 0 Å². The molecule has 0 spiro atoms. The second-order valence-corrected chi connectivity index (χ2v) is 17.3. The molecule has 0 aromatic heterocycles.